The number of rotatable bonds is 8. The maximum absolute atomic E-state index is 11.9. The molecular formula is C16H21NO4. The molecule has 0 heterocycles. The minimum Gasteiger partial charge on any atom is -0.464 e. The first-order valence-electron chi connectivity index (χ1n) is 6.92. The smallest absolute Gasteiger partial charge is 0.408 e. The lowest BCUT2D eigenvalue weighted by Crippen LogP contribution is -2.42. The van der Waals surface area contributed by atoms with Crippen LogP contribution in [-0.2, 0) is 20.7 Å². The molecule has 1 unspecified atom stereocenters. The van der Waals surface area contributed by atoms with Crippen molar-refractivity contribution in [3.8, 4) is 0 Å². The molecule has 114 valence electrons. The number of esters is 1. The van der Waals surface area contributed by atoms with E-state index in [1.54, 1.807) is 6.92 Å². The van der Waals surface area contributed by atoms with E-state index in [0.717, 1.165) is 5.56 Å². The van der Waals surface area contributed by atoms with Crippen molar-refractivity contribution in [1.29, 1.82) is 0 Å². The van der Waals surface area contributed by atoms with Gasteiger partial charge in [-0.15, -0.1) is 0 Å². The van der Waals surface area contributed by atoms with Gasteiger partial charge in [0, 0.05) is 0 Å². The zero-order valence-corrected chi connectivity index (χ0v) is 12.2. The van der Waals surface area contributed by atoms with Crippen molar-refractivity contribution in [2.75, 3.05) is 13.2 Å². The molecule has 21 heavy (non-hydrogen) atoms. The quantitative estimate of drug-likeness (QED) is 0.590. The average Bonchev–Trinajstić information content (AvgIpc) is 2.50. The van der Waals surface area contributed by atoms with Crippen molar-refractivity contribution >= 4 is 12.1 Å². The standard InChI is InChI=1S/C16H21NO4/c1-3-12-21-16(19)17-14(15(18)20-4-2)11-10-13-8-6-5-7-9-13/h3,5-9,14H,1,4,10-12H2,2H3,(H,17,19). The summed E-state index contributed by atoms with van der Waals surface area (Å²) in [6.45, 7) is 5.55. The summed E-state index contributed by atoms with van der Waals surface area (Å²) in [7, 11) is 0. The molecule has 0 saturated heterocycles. The molecule has 0 saturated carbocycles. The third-order valence-electron chi connectivity index (χ3n) is 2.76. The fourth-order valence-corrected chi connectivity index (χ4v) is 1.77. The van der Waals surface area contributed by atoms with Crippen LogP contribution in [0.3, 0.4) is 0 Å². The highest BCUT2D eigenvalue weighted by Crippen LogP contribution is 2.06. The SMILES string of the molecule is C=CCOC(=O)NC(CCc1ccccc1)C(=O)OCC. The summed E-state index contributed by atoms with van der Waals surface area (Å²) in [6, 6.07) is 9.01. The van der Waals surface area contributed by atoms with Gasteiger partial charge in [-0.3, -0.25) is 0 Å². The van der Waals surface area contributed by atoms with Gasteiger partial charge in [-0.2, -0.15) is 0 Å². The Bertz CT molecular complexity index is 459. The van der Waals surface area contributed by atoms with Crippen LogP contribution in [0.25, 0.3) is 0 Å². The van der Waals surface area contributed by atoms with Gasteiger partial charge < -0.3 is 14.8 Å². The molecule has 0 aliphatic carbocycles. The Morgan fingerprint density at radius 1 is 1.29 bits per heavy atom. The highest BCUT2D eigenvalue weighted by molar-refractivity contribution is 5.81. The average molecular weight is 291 g/mol. The number of carbonyl (C=O) groups excluding carboxylic acids is 2. The van der Waals surface area contributed by atoms with E-state index in [1.165, 1.54) is 6.08 Å². The number of benzene rings is 1. The van der Waals surface area contributed by atoms with Gasteiger partial charge in [0.1, 0.15) is 12.6 Å². The molecule has 0 spiro atoms. The van der Waals surface area contributed by atoms with Crippen molar-refractivity contribution in [2.45, 2.75) is 25.8 Å². The fraction of sp³-hybridized carbons (Fsp3) is 0.375. The highest BCUT2D eigenvalue weighted by Gasteiger charge is 2.22. The van der Waals surface area contributed by atoms with E-state index >= 15 is 0 Å². The Morgan fingerprint density at radius 2 is 2.00 bits per heavy atom. The predicted molar refractivity (Wildman–Crippen MR) is 79.9 cm³/mol. The van der Waals surface area contributed by atoms with E-state index in [9.17, 15) is 9.59 Å². The van der Waals surface area contributed by atoms with Gasteiger partial charge in [0.05, 0.1) is 6.61 Å². The maximum Gasteiger partial charge on any atom is 0.408 e. The Kier molecular flexibility index (Phi) is 7.64. The molecule has 0 aromatic heterocycles. The molecular weight excluding hydrogens is 270 g/mol. The molecule has 0 aliphatic rings. The van der Waals surface area contributed by atoms with Crippen LogP contribution in [0.2, 0.25) is 0 Å². The molecule has 5 nitrogen and oxygen atoms in total. The van der Waals surface area contributed by atoms with Crippen LogP contribution in [0.4, 0.5) is 4.79 Å². The molecule has 1 aromatic carbocycles. The third kappa shape index (κ3) is 6.61. The second kappa shape index (κ2) is 9.58. The van der Waals surface area contributed by atoms with E-state index in [0.29, 0.717) is 12.8 Å². The summed E-state index contributed by atoms with van der Waals surface area (Å²) in [4.78, 5) is 23.4. The number of alkyl carbamates (subject to hydrolysis) is 1. The molecule has 1 N–H and O–H groups in total. The Morgan fingerprint density at radius 3 is 2.62 bits per heavy atom. The number of nitrogens with one attached hydrogen (secondary N) is 1. The van der Waals surface area contributed by atoms with Gasteiger partial charge >= 0.3 is 12.1 Å². The largest absolute Gasteiger partial charge is 0.464 e. The molecule has 1 amide bonds. The first kappa shape index (κ1) is 16.8. The molecule has 0 aliphatic heterocycles. The molecule has 1 rings (SSSR count). The van der Waals surface area contributed by atoms with Gasteiger partial charge in [-0.1, -0.05) is 43.0 Å². The van der Waals surface area contributed by atoms with E-state index in [4.69, 9.17) is 9.47 Å². The summed E-state index contributed by atoms with van der Waals surface area (Å²) in [6.07, 6.45) is 1.92. The van der Waals surface area contributed by atoms with Crippen molar-refractivity contribution in [3.05, 3.63) is 48.6 Å². The van der Waals surface area contributed by atoms with Crippen molar-refractivity contribution in [1.82, 2.24) is 5.32 Å². The number of hydrogen-bond donors (Lipinski definition) is 1. The highest BCUT2D eigenvalue weighted by atomic mass is 16.6. The van der Waals surface area contributed by atoms with Crippen molar-refractivity contribution < 1.29 is 19.1 Å². The lowest BCUT2D eigenvalue weighted by molar-refractivity contribution is -0.145. The molecule has 5 heteroatoms. The van der Waals surface area contributed by atoms with Crippen LogP contribution in [0.1, 0.15) is 18.9 Å². The second-order valence-corrected chi connectivity index (χ2v) is 4.36. The number of hydrogen-bond acceptors (Lipinski definition) is 4. The summed E-state index contributed by atoms with van der Waals surface area (Å²) < 4.78 is 9.79. The van der Waals surface area contributed by atoms with Crippen LogP contribution in [0.5, 0.6) is 0 Å². The zero-order chi connectivity index (χ0) is 15.5. The Hall–Kier alpha value is -2.30. The van der Waals surface area contributed by atoms with Crippen LogP contribution in [0, 0.1) is 0 Å². The number of amides is 1. The second-order valence-electron chi connectivity index (χ2n) is 4.36. The summed E-state index contributed by atoms with van der Waals surface area (Å²) in [5, 5.41) is 2.52. The number of carbonyl (C=O) groups is 2. The molecule has 1 aromatic rings. The van der Waals surface area contributed by atoms with Crippen molar-refractivity contribution in [2.24, 2.45) is 0 Å². The summed E-state index contributed by atoms with van der Waals surface area (Å²) >= 11 is 0. The molecule has 0 radical (unpaired) electrons. The normalized spacial score (nSPS) is 11.3. The first-order valence-corrected chi connectivity index (χ1v) is 6.92. The lowest BCUT2D eigenvalue weighted by atomic mass is 10.1. The van der Waals surface area contributed by atoms with Crippen molar-refractivity contribution in [3.63, 3.8) is 0 Å². The van der Waals surface area contributed by atoms with Gasteiger partial charge in [0.2, 0.25) is 0 Å². The van der Waals surface area contributed by atoms with Gasteiger partial charge in [-0.05, 0) is 25.3 Å². The van der Waals surface area contributed by atoms with Gasteiger partial charge in [0.15, 0.2) is 0 Å². The van der Waals surface area contributed by atoms with Gasteiger partial charge in [-0.25, -0.2) is 9.59 Å². The molecule has 0 bridgehead atoms. The zero-order valence-electron chi connectivity index (χ0n) is 12.2. The Labute approximate surface area is 124 Å². The summed E-state index contributed by atoms with van der Waals surface area (Å²) in [5.41, 5.74) is 1.09. The monoisotopic (exact) mass is 291 g/mol. The van der Waals surface area contributed by atoms with Crippen LogP contribution >= 0.6 is 0 Å². The fourth-order valence-electron chi connectivity index (χ4n) is 1.77. The lowest BCUT2D eigenvalue weighted by Gasteiger charge is -2.17. The number of ether oxygens (including phenoxy) is 2. The van der Waals surface area contributed by atoms with E-state index < -0.39 is 18.1 Å². The minimum atomic E-state index is -0.720. The molecule has 0 fully saturated rings. The minimum absolute atomic E-state index is 0.0973. The first-order chi connectivity index (χ1) is 10.2. The molecule has 1 atom stereocenters. The van der Waals surface area contributed by atoms with Crippen LogP contribution in [-0.4, -0.2) is 31.3 Å². The number of aryl methyl sites for hydroxylation is 1. The maximum atomic E-state index is 11.9. The topological polar surface area (TPSA) is 64.6 Å². The van der Waals surface area contributed by atoms with E-state index in [2.05, 4.69) is 11.9 Å². The van der Waals surface area contributed by atoms with E-state index in [-0.39, 0.29) is 13.2 Å². The third-order valence-corrected chi connectivity index (χ3v) is 2.76. The summed E-state index contributed by atoms with van der Waals surface area (Å²) in [5.74, 6) is -0.455. The Balaban J connectivity index is 2.57. The van der Waals surface area contributed by atoms with Crippen LogP contribution in [0.15, 0.2) is 43.0 Å². The predicted octanol–water partition coefficient (Wildman–Crippen LogP) is 2.46. The van der Waals surface area contributed by atoms with E-state index in [1.807, 2.05) is 30.3 Å². The van der Waals surface area contributed by atoms with Crippen LogP contribution < -0.4 is 5.32 Å². The van der Waals surface area contributed by atoms with Gasteiger partial charge in [0.25, 0.3) is 0 Å².